The molecular formula is C70H94N6O10. The number of ether oxygens (including phenoxy) is 2. The zero-order chi connectivity index (χ0) is 61.9. The molecule has 8 aliphatic rings. The maximum absolute atomic E-state index is 13.5. The first kappa shape index (κ1) is 68.3. The Labute approximate surface area is 509 Å². The number of hydrogen-bond donors (Lipinski definition) is 3. The molecule has 11 atom stereocenters. The van der Waals surface area contributed by atoms with E-state index in [1.54, 1.807) is 19.8 Å². The van der Waals surface area contributed by atoms with E-state index in [-0.39, 0.29) is 31.9 Å². The summed E-state index contributed by atoms with van der Waals surface area (Å²) in [5.74, 6) is 5.26. The minimum absolute atomic E-state index is 0. The molecule has 1 aromatic heterocycles. The van der Waals surface area contributed by atoms with Gasteiger partial charge in [0, 0.05) is 78.7 Å². The van der Waals surface area contributed by atoms with E-state index in [0.29, 0.717) is 47.5 Å². The van der Waals surface area contributed by atoms with Crippen LogP contribution in [0.1, 0.15) is 159 Å². The van der Waals surface area contributed by atoms with Crippen LogP contribution in [0.15, 0.2) is 94.7 Å². The highest BCUT2D eigenvalue weighted by molar-refractivity contribution is 6.15. The molecule has 86 heavy (non-hydrogen) atoms. The molecule has 0 radical (unpaired) electrons. The molecule has 3 aromatic carbocycles. The molecule has 0 saturated carbocycles. The van der Waals surface area contributed by atoms with Crippen molar-refractivity contribution < 1.29 is 48.1 Å². The Morgan fingerprint density at radius 2 is 1.24 bits per heavy atom. The van der Waals surface area contributed by atoms with Gasteiger partial charge in [-0.3, -0.25) is 24.5 Å². The average molecular weight is 1180 g/mol. The molecule has 0 unspecified atom stereocenters. The van der Waals surface area contributed by atoms with Crippen LogP contribution in [-0.2, 0) is 45.5 Å². The number of carbonyl (C=O) groups excluding carboxylic acids is 7. The normalized spacial score (nSPS) is 28.6. The van der Waals surface area contributed by atoms with Crippen LogP contribution in [0, 0.1) is 49.4 Å². The Morgan fingerprint density at radius 1 is 0.709 bits per heavy atom. The largest absolute Gasteiger partial charge is 0.504 e. The van der Waals surface area contributed by atoms with Gasteiger partial charge in [-0.1, -0.05) is 101 Å². The Morgan fingerprint density at radius 3 is 1.83 bits per heavy atom. The van der Waals surface area contributed by atoms with Gasteiger partial charge in [-0.15, -0.1) is 0 Å². The van der Waals surface area contributed by atoms with Crippen LogP contribution in [0.4, 0.5) is 11.4 Å². The van der Waals surface area contributed by atoms with Crippen molar-refractivity contribution in [2.75, 3.05) is 58.8 Å². The molecule has 1 spiro atoms. The molecule has 0 aliphatic carbocycles. The quantitative estimate of drug-likeness (QED) is 0.111. The standard InChI is InChI=1S/C22H30N2O2.2C22H30N2O.3CO2.CH4/c1-5-16-12-24-10-9-22(25)20-14(2)7-6-8-18(20)23-21(22)19(24)11-17(16)15(3)13-26-4;1-5-14(3)17-12-19-22-16(10-11-24(19)13-15(17)6-2)21-18(23-22)8-7-9-20(21)25-4;1-5-14(3)17-12-19-22(10-11-24(19)13-16(17)6-2)21(25)20-15(4)8-7-9-18(20)23-22;3*2-1-3;/h6-8,13,16-17,19,25H,5,9-12H2,1-4H3;5,7-9,15,17,19,23H,6,10-13H2,1-4H3;5,7-9,16-17,19,23H,6,10-13H2,1-4H3;;;;1H4/b15-13-;2*14-5-;;;;/t16-,17-,19+,22+;15-,17-,19+;16-,17-,19+,22+;;;;/m111..../s1. The van der Waals surface area contributed by atoms with Crippen molar-refractivity contribution in [3.63, 3.8) is 0 Å². The highest BCUT2D eigenvalue weighted by Gasteiger charge is 2.59. The van der Waals surface area contributed by atoms with Crippen molar-refractivity contribution in [3.8, 4) is 5.75 Å². The molecule has 0 bridgehead atoms. The summed E-state index contributed by atoms with van der Waals surface area (Å²) < 4.78 is 11.0. The zero-order valence-electron chi connectivity index (χ0n) is 52.1. The lowest BCUT2D eigenvalue weighted by molar-refractivity contribution is -0.193. The fourth-order valence-electron chi connectivity index (χ4n) is 16.2. The summed E-state index contributed by atoms with van der Waals surface area (Å²) in [6.07, 6.45) is 17.0. The van der Waals surface area contributed by atoms with E-state index in [4.69, 9.17) is 43.2 Å². The third kappa shape index (κ3) is 13.2. The fourth-order valence-corrected chi connectivity index (χ4v) is 16.2. The van der Waals surface area contributed by atoms with Crippen molar-refractivity contribution >= 4 is 52.2 Å². The van der Waals surface area contributed by atoms with Gasteiger partial charge >= 0.3 is 18.5 Å². The van der Waals surface area contributed by atoms with Gasteiger partial charge in [-0.05, 0) is 169 Å². The first-order valence-corrected chi connectivity index (χ1v) is 30.6. The molecule has 16 heteroatoms. The smallest absolute Gasteiger partial charge is 0.373 e. The summed E-state index contributed by atoms with van der Waals surface area (Å²) in [6.45, 7) is 28.8. The number of aromatic nitrogens is 1. The lowest BCUT2D eigenvalue weighted by atomic mass is 9.70. The number of ketones is 1. The van der Waals surface area contributed by atoms with Crippen LogP contribution >= 0.6 is 0 Å². The van der Waals surface area contributed by atoms with Crippen molar-refractivity contribution in [2.45, 2.75) is 164 Å². The number of nitrogens with one attached hydrogen (secondary N) is 2. The van der Waals surface area contributed by atoms with E-state index in [9.17, 15) is 9.90 Å². The van der Waals surface area contributed by atoms with Crippen LogP contribution in [0.2, 0.25) is 0 Å². The zero-order valence-corrected chi connectivity index (χ0v) is 52.1. The molecule has 8 aliphatic heterocycles. The maximum Gasteiger partial charge on any atom is 0.373 e. The molecule has 16 nitrogen and oxygen atoms in total. The van der Waals surface area contributed by atoms with Gasteiger partial charge in [0.1, 0.15) is 16.9 Å². The molecule has 5 saturated heterocycles. The minimum Gasteiger partial charge on any atom is -0.504 e. The van der Waals surface area contributed by atoms with Crippen LogP contribution in [0.3, 0.4) is 0 Å². The predicted molar refractivity (Wildman–Crippen MR) is 334 cm³/mol. The van der Waals surface area contributed by atoms with E-state index in [0.717, 1.165) is 109 Å². The Hall–Kier alpha value is -6.86. The summed E-state index contributed by atoms with van der Waals surface area (Å²) in [6, 6.07) is 19.8. The Bertz CT molecular complexity index is 3220. The monoisotopic (exact) mass is 1180 g/mol. The topological polar surface area (TPSA) is 208 Å². The number of hydrogen-bond acceptors (Lipinski definition) is 15. The number of aryl methyl sites for hydroxylation is 2. The lowest BCUT2D eigenvalue weighted by Gasteiger charge is -2.50. The number of allylic oxidation sites excluding steroid dienone is 5. The second-order valence-corrected chi connectivity index (χ2v) is 24.4. The third-order valence-corrected chi connectivity index (χ3v) is 20.6. The van der Waals surface area contributed by atoms with Gasteiger partial charge in [0.05, 0.1) is 44.0 Å². The third-order valence-electron chi connectivity index (χ3n) is 20.6. The van der Waals surface area contributed by atoms with E-state index in [1.165, 1.54) is 72.1 Å². The highest BCUT2D eigenvalue weighted by atomic mass is 16.5. The van der Waals surface area contributed by atoms with Gasteiger partial charge in [0.2, 0.25) is 0 Å². The summed E-state index contributed by atoms with van der Waals surface area (Å²) in [5, 5.41) is 16.6. The summed E-state index contributed by atoms with van der Waals surface area (Å²) >= 11 is 0. The number of methoxy groups -OCH3 is 2. The second-order valence-electron chi connectivity index (χ2n) is 24.4. The highest BCUT2D eigenvalue weighted by Crippen LogP contribution is 2.52. The van der Waals surface area contributed by atoms with Crippen LogP contribution in [-0.4, -0.2) is 126 Å². The first-order valence-electron chi connectivity index (χ1n) is 30.6. The Balaban J connectivity index is 0.000000192. The maximum atomic E-state index is 13.5. The number of benzene rings is 3. The van der Waals surface area contributed by atoms with Crippen molar-refractivity contribution in [1.82, 2.24) is 19.7 Å². The number of fused-ring (bicyclic) bond motifs is 13. The number of nitrogens with zero attached hydrogens (tertiary/aromatic N) is 4. The summed E-state index contributed by atoms with van der Waals surface area (Å²) in [4.78, 5) is 78.8. The number of aromatic amines is 1. The SMILES string of the molecule is C.C/C=C(/C)[C@H]1C[C@@H]2N(CC[C@]23Nc2cccc(C)c2C3=O)C[C@H]1CC.C/C=C(/C)[C@H]1C[C@H]2c3[nH]c4cccc(OC)c4c3CCN2C[C@H]1CC.CC[C@@H]1CN2CC[C@@]3(O)C(=Nc4cccc(C)c43)[C@@H]2C[C@@H]1/C(C)=C\OC.O=C=O.O=C=O.O=C=O. The molecule has 3 N–H and O–H groups in total. The number of H-pyrrole nitrogens is 1. The second kappa shape index (κ2) is 30.2. The molecule has 464 valence electrons. The first-order chi connectivity index (χ1) is 40.9. The van der Waals surface area contributed by atoms with Gasteiger partial charge in [-0.25, -0.2) is 0 Å². The Kier molecular flexibility index (Phi) is 23.9. The molecular weight excluding hydrogens is 1080 g/mol. The van der Waals surface area contributed by atoms with Crippen LogP contribution in [0.25, 0.3) is 10.9 Å². The lowest BCUT2D eigenvalue weighted by Crippen LogP contribution is -2.60. The molecule has 9 heterocycles. The van der Waals surface area contributed by atoms with Crippen LogP contribution < -0.4 is 10.1 Å². The average Bonchev–Trinajstić information content (AvgIpc) is 1.63. The number of aliphatic hydroxyl groups is 1. The molecule has 12 rings (SSSR count). The number of rotatable bonds is 8. The number of Topliss-reactive ketones (excluding diaryl/α,β-unsaturated/α-hetero) is 1. The number of anilines is 1. The van der Waals surface area contributed by atoms with Crippen LogP contribution in [0.5, 0.6) is 5.75 Å². The van der Waals surface area contributed by atoms with E-state index in [2.05, 4.69) is 149 Å². The molecule has 4 aromatic rings. The minimum atomic E-state index is -0.885. The van der Waals surface area contributed by atoms with Gasteiger partial charge in [0.15, 0.2) is 5.78 Å². The summed E-state index contributed by atoms with van der Waals surface area (Å²) in [7, 11) is 3.50. The van der Waals surface area contributed by atoms with Crippen molar-refractivity contribution in [2.24, 2.45) is 40.5 Å². The van der Waals surface area contributed by atoms with E-state index < -0.39 is 11.1 Å². The van der Waals surface area contributed by atoms with Crippen molar-refractivity contribution in [3.05, 3.63) is 123 Å². The predicted octanol–water partition coefficient (Wildman–Crippen LogP) is 12.3. The number of aliphatic imine (C=N–C) groups is 1. The van der Waals surface area contributed by atoms with Gasteiger partial charge in [0.25, 0.3) is 0 Å². The van der Waals surface area contributed by atoms with E-state index >= 15 is 0 Å². The van der Waals surface area contributed by atoms with Gasteiger partial charge < -0.3 is 24.9 Å². The molecule has 5 fully saturated rings. The molecule has 0 amide bonds. The van der Waals surface area contributed by atoms with Crippen molar-refractivity contribution in [1.29, 1.82) is 0 Å². The summed E-state index contributed by atoms with van der Waals surface area (Å²) in [5.41, 5.74) is 14.4. The van der Waals surface area contributed by atoms with Gasteiger partial charge in [-0.2, -0.15) is 28.8 Å². The number of piperidine rings is 4. The fraction of sp³-hybridized carbons (Fsp3) is 0.557. The van der Waals surface area contributed by atoms with E-state index in [1.807, 2.05) is 18.4 Å². The number of carbonyl (C=O) groups is 1.